The van der Waals surface area contributed by atoms with Crippen molar-refractivity contribution in [2.45, 2.75) is 6.61 Å². The van der Waals surface area contributed by atoms with Crippen molar-refractivity contribution in [1.82, 2.24) is 9.97 Å². The van der Waals surface area contributed by atoms with E-state index in [1.165, 1.54) is 30.6 Å². The molecule has 8 nitrogen and oxygen atoms in total. The zero-order chi connectivity index (χ0) is 24.6. The molecule has 35 heavy (non-hydrogen) atoms. The fraction of sp³-hybridized carbons (Fsp3) is 0.0385. The number of nitrogens with zero attached hydrogens (tertiary/aromatic N) is 2. The molecule has 0 atom stereocenters. The fourth-order valence-electron chi connectivity index (χ4n) is 3.16. The number of halogens is 1. The summed E-state index contributed by atoms with van der Waals surface area (Å²) in [5, 5.41) is 19.3. The summed E-state index contributed by atoms with van der Waals surface area (Å²) in [6.07, 6.45) is 2.59. The highest BCUT2D eigenvalue weighted by molar-refractivity contribution is 5.99. The van der Waals surface area contributed by atoms with E-state index in [0.29, 0.717) is 34.3 Å². The third kappa shape index (κ3) is 6.55. The van der Waals surface area contributed by atoms with Crippen LogP contribution in [0.2, 0.25) is 0 Å². The molecule has 176 valence electrons. The van der Waals surface area contributed by atoms with E-state index in [9.17, 15) is 14.3 Å². The Morgan fingerprint density at radius 2 is 1.66 bits per heavy atom. The SMILES string of the molecule is C=CC(=O)Nc1cccc(Nc2cc(Nc3ccc(OCc4cccc(F)c4)c(O)c3)ncn2)c1. The van der Waals surface area contributed by atoms with Gasteiger partial charge in [0.2, 0.25) is 5.91 Å². The van der Waals surface area contributed by atoms with E-state index in [1.807, 2.05) is 6.07 Å². The van der Waals surface area contributed by atoms with Crippen molar-refractivity contribution >= 4 is 34.6 Å². The zero-order valence-corrected chi connectivity index (χ0v) is 18.5. The molecular weight excluding hydrogens is 449 g/mol. The number of ether oxygens (including phenoxy) is 1. The van der Waals surface area contributed by atoms with Gasteiger partial charge in [0.1, 0.15) is 30.4 Å². The minimum absolute atomic E-state index is 0.0720. The molecule has 4 rings (SSSR count). The summed E-state index contributed by atoms with van der Waals surface area (Å²) in [5.41, 5.74) is 2.57. The Bertz CT molecular complexity index is 1360. The second-order valence-electron chi connectivity index (χ2n) is 7.41. The molecule has 9 heteroatoms. The number of benzene rings is 3. The summed E-state index contributed by atoms with van der Waals surface area (Å²) in [6, 6.07) is 19.8. The van der Waals surface area contributed by atoms with Crippen LogP contribution in [-0.4, -0.2) is 21.0 Å². The summed E-state index contributed by atoms with van der Waals surface area (Å²) in [7, 11) is 0. The Hall–Kier alpha value is -4.92. The number of anilines is 5. The number of phenolic OH excluding ortho intramolecular Hbond substituents is 1. The fourth-order valence-corrected chi connectivity index (χ4v) is 3.16. The van der Waals surface area contributed by atoms with Crippen molar-refractivity contribution in [3.8, 4) is 11.5 Å². The summed E-state index contributed by atoms with van der Waals surface area (Å²) in [5.74, 6) is 0.566. The van der Waals surface area contributed by atoms with Crippen molar-refractivity contribution in [2.24, 2.45) is 0 Å². The van der Waals surface area contributed by atoms with Gasteiger partial charge < -0.3 is 25.8 Å². The molecule has 0 unspecified atom stereocenters. The van der Waals surface area contributed by atoms with Crippen LogP contribution < -0.4 is 20.7 Å². The largest absolute Gasteiger partial charge is 0.504 e. The van der Waals surface area contributed by atoms with Crippen LogP contribution in [0.3, 0.4) is 0 Å². The molecule has 0 radical (unpaired) electrons. The standard InChI is InChI=1S/C26H22FN5O3/c1-2-26(34)32-20-8-4-7-19(12-20)30-24-14-25(29-16-28-24)31-21-9-10-23(22(33)13-21)35-15-17-5-3-6-18(27)11-17/h2-14,16,33H,1,15H2,(H,32,34)(H2,28,29,30,31). The first-order valence-electron chi connectivity index (χ1n) is 10.6. The maximum absolute atomic E-state index is 13.3. The van der Waals surface area contributed by atoms with Gasteiger partial charge in [0, 0.05) is 29.2 Å². The first-order valence-corrected chi connectivity index (χ1v) is 10.6. The molecule has 1 aromatic heterocycles. The highest BCUT2D eigenvalue weighted by Crippen LogP contribution is 2.31. The van der Waals surface area contributed by atoms with Crippen LogP contribution in [0.25, 0.3) is 0 Å². The monoisotopic (exact) mass is 471 g/mol. The minimum atomic E-state index is -0.347. The van der Waals surface area contributed by atoms with Crippen LogP contribution in [0.4, 0.5) is 33.1 Å². The van der Waals surface area contributed by atoms with Crippen LogP contribution >= 0.6 is 0 Å². The minimum Gasteiger partial charge on any atom is -0.504 e. The number of hydrogen-bond acceptors (Lipinski definition) is 7. The molecule has 1 heterocycles. The Morgan fingerprint density at radius 3 is 2.37 bits per heavy atom. The summed E-state index contributed by atoms with van der Waals surface area (Å²) < 4.78 is 18.9. The molecule has 0 saturated heterocycles. The lowest BCUT2D eigenvalue weighted by Crippen LogP contribution is -2.07. The lowest BCUT2D eigenvalue weighted by molar-refractivity contribution is -0.111. The third-order valence-corrected chi connectivity index (χ3v) is 4.77. The summed E-state index contributed by atoms with van der Waals surface area (Å²) in [4.78, 5) is 19.9. The molecule has 0 aliphatic carbocycles. The molecule has 0 saturated carbocycles. The molecular formula is C26H22FN5O3. The maximum atomic E-state index is 13.3. The Kier molecular flexibility index (Phi) is 7.17. The van der Waals surface area contributed by atoms with Gasteiger partial charge in [-0.25, -0.2) is 14.4 Å². The first kappa shape index (κ1) is 23.2. The van der Waals surface area contributed by atoms with Gasteiger partial charge in [0.05, 0.1) is 0 Å². The first-order chi connectivity index (χ1) is 17.0. The van der Waals surface area contributed by atoms with Gasteiger partial charge in [-0.3, -0.25) is 4.79 Å². The molecule has 3 aromatic carbocycles. The van der Waals surface area contributed by atoms with E-state index in [-0.39, 0.29) is 29.8 Å². The second-order valence-corrected chi connectivity index (χ2v) is 7.41. The Balaban J connectivity index is 1.40. The lowest BCUT2D eigenvalue weighted by atomic mass is 10.2. The summed E-state index contributed by atoms with van der Waals surface area (Å²) in [6.45, 7) is 3.56. The van der Waals surface area contributed by atoms with E-state index in [0.717, 1.165) is 0 Å². The van der Waals surface area contributed by atoms with Crippen molar-refractivity contribution in [3.05, 3.63) is 103 Å². The molecule has 0 spiro atoms. The number of aromatic hydroxyl groups is 1. The van der Waals surface area contributed by atoms with Crippen molar-refractivity contribution in [1.29, 1.82) is 0 Å². The number of rotatable bonds is 9. The summed E-state index contributed by atoms with van der Waals surface area (Å²) >= 11 is 0. The number of carbonyl (C=O) groups is 1. The van der Waals surface area contributed by atoms with Crippen LogP contribution in [0.1, 0.15) is 5.56 Å². The highest BCUT2D eigenvalue weighted by Gasteiger charge is 2.07. The van der Waals surface area contributed by atoms with Gasteiger partial charge in [0.25, 0.3) is 0 Å². The van der Waals surface area contributed by atoms with Crippen LogP contribution in [0, 0.1) is 5.82 Å². The van der Waals surface area contributed by atoms with E-state index < -0.39 is 0 Å². The molecule has 0 bridgehead atoms. The van der Waals surface area contributed by atoms with Crippen LogP contribution in [0.5, 0.6) is 11.5 Å². The Labute approximate surface area is 201 Å². The van der Waals surface area contributed by atoms with Crippen molar-refractivity contribution in [3.63, 3.8) is 0 Å². The van der Waals surface area contributed by atoms with E-state index in [1.54, 1.807) is 48.5 Å². The zero-order valence-electron chi connectivity index (χ0n) is 18.5. The third-order valence-electron chi connectivity index (χ3n) is 4.77. The van der Waals surface area contributed by atoms with E-state index in [2.05, 4.69) is 32.5 Å². The van der Waals surface area contributed by atoms with Crippen LogP contribution in [0.15, 0.2) is 91.8 Å². The van der Waals surface area contributed by atoms with Gasteiger partial charge >= 0.3 is 0 Å². The maximum Gasteiger partial charge on any atom is 0.247 e. The predicted octanol–water partition coefficient (Wildman–Crippen LogP) is 5.51. The quantitative estimate of drug-likeness (QED) is 0.238. The molecule has 0 aliphatic heterocycles. The smallest absolute Gasteiger partial charge is 0.247 e. The second kappa shape index (κ2) is 10.8. The molecule has 4 N–H and O–H groups in total. The number of aromatic nitrogens is 2. The topological polar surface area (TPSA) is 108 Å². The number of hydrogen-bond donors (Lipinski definition) is 4. The van der Waals surface area contributed by atoms with Crippen molar-refractivity contribution < 1.29 is 19.0 Å². The van der Waals surface area contributed by atoms with E-state index >= 15 is 0 Å². The van der Waals surface area contributed by atoms with E-state index in [4.69, 9.17) is 4.74 Å². The molecule has 1 amide bonds. The normalized spacial score (nSPS) is 10.3. The average molecular weight is 471 g/mol. The van der Waals surface area contributed by atoms with Gasteiger partial charge in [0.15, 0.2) is 11.5 Å². The van der Waals surface area contributed by atoms with Gasteiger partial charge in [-0.1, -0.05) is 24.8 Å². The molecule has 0 aliphatic rings. The lowest BCUT2D eigenvalue weighted by Gasteiger charge is -2.12. The van der Waals surface area contributed by atoms with Gasteiger partial charge in [-0.05, 0) is 54.1 Å². The number of amides is 1. The highest BCUT2D eigenvalue weighted by atomic mass is 19.1. The average Bonchev–Trinajstić information content (AvgIpc) is 2.84. The molecule has 0 fully saturated rings. The predicted molar refractivity (Wildman–Crippen MR) is 133 cm³/mol. The number of phenols is 1. The van der Waals surface area contributed by atoms with Crippen molar-refractivity contribution in [2.75, 3.05) is 16.0 Å². The Morgan fingerprint density at radius 1 is 0.943 bits per heavy atom. The number of carbonyl (C=O) groups excluding carboxylic acids is 1. The molecule has 4 aromatic rings. The van der Waals surface area contributed by atoms with Gasteiger partial charge in [-0.15, -0.1) is 0 Å². The van der Waals surface area contributed by atoms with Gasteiger partial charge in [-0.2, -0.15) is 0 Å². The number of nitrogens with one attached hydrogen (secondary N) is 3. The van der Waals surface area contributed by atoms with Crippen LogP contribution in [-0.2, 0) is 11.4 Å².